The average Bonchev–Trinajstić information content (AvgIpc) is 2.97. The fourth-order valence-corrected chi connectivity index (χ4v) is 3.18. The van der Waals surface area contributed by atoms with Gasteiger partial charge in [0.2, 0.25) is 5.76 Å². The first kappa shape index (κ1) is 17.8. The number of halogens is 4. The number of benzene rings is 1. The van der Waals surface area contributed by atoms with Gasteiger partial charge in [-0.05, 0) is 25.0 Å². The van der Waals surface area contributed by atoms with Gasteiger partial charge >= 0.3 is 6.18 Å². The number of alkyl halides is 3. The molecule has 2 aromatic rings. The Bertz CT molecular complexity index is 750. The van der Waals surface area contributed by atoms with Crippen LogP contribution in [0.3, 0.4) is 0 Å². The quantitative estimate of drug-likeness (QED) is 0.817. The van der Waals surface area contributed by atoms with Crippen LogP contribution in [0.1, 0.15) is 48.2 Å². The molecule has 1 heterocycles. The lowest BCUT2D eigenvalue weighted by Crippen LogP contribution is -2.36. The standard InChI is InChI=1S/C17H16ClF3N2O2/c18-13-14(10-6-8-11(9-7-10)17(19,20)21)23-25-15(13)16(24)22-12-4-2-1-3-5-12/h6-9,12H,1-5H2,(H,22,24). The molecule has 134 valence electrons. The fourth-order valence-electron chi connectivity index (χ4n) is 2.91. The van der Waals surface area contributed by atoms with Gasteiger partial charge in [0.25, 0.3) is 5.91 Å². The van der Waals surface area contributed by atoms with Crippen molar-refractivity contribution in [3.05, 3.63) is 40.6 Å². The first-order chi connectivity index (χ1) is 11.9. The van der Waals surface area contributed by atoms with Crippen molar-refractivity contribution in [3.63, 3.8) is 0 Å². The summed E-state index contributed by atoms with van der Waals surface area (Å²) in [7, 11) is 0. The minimum Gasteiger partial charge on any atom is -0.349 e. The minimum absolute atomic E-state index is 0.00642. The summed E-state index contributed by atoms with van der Waals surface area (Å²) in [6, 6.07) is 4.44. The highest BCUT2D eigenvalue weighted by atomic mass is 35.5. The van der Waals surface area contributed by atoms with Gasteiger partial charge in [-0.1, -0.05) is 48.2 Å². The van der Waals surface area contributed by atoms with Crippen molar-refractivity contribution in [1.82, 2.24) is 10.5 Å². The van der Waals surface area contributed by atoms with E-state index in [1.54, 1.807) is 0 Å². The van der Waals surface area contributed by atoms with Crippen molar-refractivity contribution >= 4 is 17.5 Å². The predicted molar refractivity (Wildman–Crippen MR) is 86.3 cm³/mol. The Hall–Kier alpha value is -2.02. The number of carbonyl (C=O) groups excluding carboxylic acids is 1. The molecule has 0 atom stereocenters. The lowest BCUT2D eigenvalue weighted by atomic mass is 9.95. The van der Waals surface area contributed by atoms with Crippen molar-refractivity contribution in [2.75, 3.05) is 0 Å². The van der Waals surface area contributed by atoms with Crippen molar-refractivity contribution in [3.8, 4) is 11.3 Å². The Morgan fingerprint density at radius 3 is 2.40 bits per heavy atom. The molecule has 1 aliphatic rings. The molecule has 1 amide bonds. The van der Waals surface area contributed by atoms with Gasteiger partial charge in [0.1, 0.15) is 10.7 Å². The van der Waals surface area contributed by atoms with E-state index in [1.807, 2.05) is 0 Å². The molecule has 1 aliphatic carbocycles. The highest BCUT2D eigenvalue weighted by Gasteiger charge is 2.30. The van der Waals surface area contributed by atoms with Gasteiger partial charge in [-0.15, -0.1) is 0 Å². The molecule has 1 aromatic heterocycles. The molecule has 0 bridgehead atoms. The smallest absolute Gasteiger partial charge is 0.349 e. The number of rotatable bonds is 3. The summed E-state index contributed by atoms with van der Waals surface area (Å²) in [5.41, 5.74) is -0.284. The Morgan fingerprint density at radius 1 is 1.16 bits per heavy atom. The number of nitrogens with zero attached hydrogens (tertiary/aromatic N) is 1. The van der Waals surface area contributed by atoms with Gasteiger partial charge < -0.3 is 9.84 Å². The normalized spacial score (nSPS) is 16.0. The number of nitrogens with one attached hydrogen (secondary N) is 1. The van der Waals surface area contributed by atoms with Gasteiger partial charge in [0, 0.05) is 11.6 Å². The van der Waals surface area contributed by atoms with E-state index in [9.17, 15) is 18.0 Å². The van der Waals surface area contributed by atoms with Gasteiger partial charge in [-0.25, -0.2) is 0 Å². The van der Waals surface area contributed by atoms with E-state index in [0.29, 0.717) is 5.56 Å². The molecule has 0 radical (unpaired) electrons. The molecule has 8 heteroatoms. The van der Waals surface area contributed by atoms with E-state index in [-0.39, 0.29) is 22.5 Å². The molecule has 3 rings (SSSR count). The van der Waals surface area contributed by atoms with Crippen molar-refractivity contribution in [2.24, 2.45) is 0 Å². The first-order valence-electron chi connectivity index (χ1n) is 8.00. The molecule has 25 heavy (non-hydrogen) atoms. The second-order valence-electron chi connectivity index (χ2n) is 6.06. The van der Waals surface area contributed by atoms with E-state index in [4.69, 9.17) is 16.1 Å². The molecule has 0 aliphatic heterocycles. The number of amides is 1. The summed E-state index contributed by atoms with van der Waals surface area (Å²) < 4.78 is 42.9. The lowest BCUT2D eigenvalue weighted by Gasteiger charge is -2.22. The highest BCUT2D eigenvalue weighted by molar-refractivity contribution is 6.35. The molecule has 0 spiro atoms. The summed E-state index contributed by atoms with van der Waals surface area (Å²) >= 11 is 6.16. The monoisotopic (exact) mass is 372 g/mol. The molecule has 1 saturated carbocycles. The molecular weight excluding hydrogens is 357 g/mol. The Morgan fingerprint density at radius 2 is 1.80 bits per heavy atom. The SMILES string of the molecule is O=C(NC1CCCCC1)c1onc(-c2ccc(C(F)(F)F)cc2)c1Cl. The maximum atomic E-state index is 12.6. The predicted octanol–water partition coefficient (Wildman–Crippen LogP) is 5.08. The lowest BCUT2D eigenvalue weighted by molar-refractivity contribution is -0.137. The van der Waals surface area contributed by atoms with Crippen LogP contribution in [-0.4, -0.2) is 17.1 Å². The van der Waals surface area contributed by atoms with E-state index >= 15 is 0 Å². The van der Waals surface area contributed by atoms with Gasteiger partial charge in [0.15, 0.2) is 0 Å². The summed E-state index contributed by atoms with van der Waals surface area (Å²) in [5, 5.41) is 6.60. The maximum Gasteiger partial charge on any atom is 0.416 e. The Kier molecular flexibility index (Phi) is 5.03. The van der Waals surface area contributed by atoms with Gasteiger partial charge in [0.05, 0.1) is 5.56 Å². The molecule has 1 N–H and O–H groups in total. The number of hydrogen-bond donors (Lipinski definition) is 1. The minimum atomic E-state index is -4.42. The van der Waals surface area contributed by atoms with E-state index in [2.05, 4.69) is 10.5 Å². The summed E-state index contributed by atoms with van der Waals surface area (Å²) in [4.78, 5) is 12.3. The summed E-state index contributed by atoms with van der Waals surface area (Å²) in [5.74, 6) is -0.579. The topological polar surface area (TPSA) is 55.1 Å². The van der Waals surface area contributed by atoms with Crippen molar-refractivity contribution in [2.45, 2.75) is 44.3 Å². The number of hydrogen-bond acceptors (Lipinski definition) is 3. The third kappa shape index (κ3) is 3.98. The van der Waals surface area contributed by atoms with Crippen LogP contribution in [-0.2, 0) is 6.18 Å². The van der Waals surface area contributed by atoms with Crippen LogP contribution in [0.4, 0.5) is 13.2 Å². The maximum absolute atomic E-state index is 12.6. The van der Waals surface area contributed by atoms with Crippen molar-refractivity contribution in [1.29, 1.82) is 0 Å². The van der Waals surface area contributed by atoms with Crippen LogP contribution in [0.15, 0.2) is 28.8 Å². The summed E-state index contributed by atoms with van der Waals surface area (Å²) in [6.45, 7) is 0. The van der Waals surface area contributed by atoms with Crippen LogP contribution >= 0.6 is 11.6 Å². The number of carbonyl (C=O) groups is 1. The van der Waals surface area contributed by atoms with E-state index < -0.39 is 17.6 Å². The third-order valence-corrected chi connectivity index (χ3v) is 4.62. The van der Waals surface area contributed by atoms with E-state index in [1.165, 1.54) is 12.1 Å². The van der Waals surface area contributed by atoms with E-state index in [0.717, 1.165) is 44.2 Å². The van der Waals surface area contributed by atoms with Crippen LogP contribution in [0.2, 0.25) is 5.02 Å². The van der Waals surface area contributed by atoms with Crippen LogP contribution in [0.5, 0.6) is 0 Å². The Balaban J connectivity index is 1.77. The Labute approximate surface area is 147 Å². The van der Waals surface area contributed by atoms with Crippen LogP contribution in [0, 0.1) is 0 Å². The molecule has 0 saturated heterocycles. The fraction of sp³-hybridized carbons (Fsp3) is 0.412. The highest BCUT2D eigenvalue weighted by Crippen LogP contribution is 2.34. The zero-order valence-corrected chi connectivity index (χ0v) is 14.0. The van der Waals surface area contributed by atoms with Gasteiger partial charge in [-0.3, -0.25) is 4.79 Å². The zero-order valence-electron chi connectivity index (χ0n) is 13.2. The van der Waals surface area contributed by atoms with Crippen molar-refractivity contribution < 1.29 is 22.5 Å². The molecule has 0 unspecified atom stereocenters. The largest absolute Gasteiger partial charge is 0.416 e. The van der Waals surface area contributed by atoms with Crippen LogP contribution < -0.4 is 5.32 Å². The third-order valence-electron chi connectivity index (χ3n) is 4.27. The number of aromatic nitrogens is 1. The van der Waals surface area contributed by atoms with Crippen LogP contribution in [0.25, 0.3) is 11.3 Å². The average molecular weight is 373 g/mol. The molecular formula is C17H16ClF3N2O2. The molecule has 4 nitrogen and oxygen atoms in total. The summed E-state index contributed by atoms with van der Waals surface area (Å²) in [6.07, 6.45) is 0.676. The molecule has 1 aromatic carbocycles. The van der Waals surface area contributed by atoms with Gasteiger partial charge in [-0.2, -0.15) is 13.2 Å². The molecule has 1 fully saturated rings. The second kappa shape index (κ2) is 7.07. The first-order valence-corrected chi connectivity index (χ1v) is 8.37. The second-order valence-corrected chi connectivity index (χ2v) is 6.44. The zero-order chi connectivity index (χ0) is 18.0.